The van der Waals surface area contributed by atoms with E-state index in [0.29, 0.717) is 6.04 Å². The van der Waals surface area contributed by atoms with Crippen molar-refractivity contribution in [3.63, 3.8) is 0 Å². The highest BCUT2D eigenvalue weighted by atomic mass is 14.9. The number of benzene rings is 1. The molecule has 2 nitrogen and oxygen atoms in total. The van der Waals surface area contributed by atoms with Crippen LogP contribution in [0.5, 0.6) is 0 Å². The Kier molecular flexibility index (Phi) is 5.60. The fraction of sp³-hybridized carbons (Fsp3) is 0.500. The normalized spacial score (nSPS) is 14.1. The molecular weight excluding hydrogens is 196 g/mol. The van der Waals surface area contributed by atoms with Crippen LogP contribution in [0.1, 0.15) is 32.3 Å². The van der Waals surface area contributed by atoms with E-state index in [9.17, 15) is 0 Å². The van der Waals surface area contributed by atoms with Crippen molar-refractivity contribution < 1.29 is 0 Å². The first kappa shape index (κ1) is 12.7. The van der Waals surface area contributed by atoms with Crippen LogP contribution in [-0.2, 0) is 6.42 Å². The summed E-state index contributed by atoms with van der Waals surface area (Å²) in [5, 5.41) is 12.4. The molecule has 0 bridgehead atoms. The Morgan fingerprint density at radius 1 is 1.31 bits per heavy atom. The largest absolute Gasteiger partial charge is 0.299 e. The maximum absolute atomic E-state index is 9.04. The van der Waals surface area contributed by atoms with Gasteiger partial charge in [-0.3, -0.25) is 5.32 Å². The van der Waals surface area contributed by atoms with Gasteiger partial charge in [0.15, 0.2) is 0 Å². The molecule has 0 heterocycles. The molecule has 0 aliphatic heterocycles. The van der Waals surface area contributed by atoms with E-state index in [0.717, 1.165) is 19.3 Å². The molecule has 1 N–H and O–H groups in total. The van der Waals surface area contributed by atoms with Crippen molar-refractivity contribution >= 4 is 0 Å². The summed E-state index contributed by atoms with van der Waals surface area (Å²) in [5.41, 5.74) is 1.30. The number of aryl methyl sites for hydroxylation is 1. The molecule has 2 heteroatoms. The van der Waals surface area contributed by atoms with Gasteiger partial charge in [-0.1, -0.05) is 37.3 Å². The lowest BCUT2D eigenvalue weighted by atomic mass is 10.1. The number of hydrogen-bond acceptors (Lipinski definition) is 2. The van der Waals surface area contributed by atoms with Crippen molar-refractivity contribution in [1.29, 1.82) is 5.26 Å². The summed E-state index contributed by atoms with van der Waals surface area (Å²) in [4.78, 5) is 0. The summed E-state index contributed by atoms with van der Waals surface area (Å²) >= 11 is 0. The van der Waals surface area contributed by atoms with Gasteiger partial charge in [-0.05, 0) is 31.7 Å². The van der Waals surface area contributed by atoms with Crippen LogP contribution in [-0.4, -0.2) is 12.1 Å². The number of nitrogens with one attached hydrogen (secondary N) is 1. The van der Waals surface area contributed by atoms with E-state index in [4.69, 9.17) is 5.26 Å². The van der Waals surface area contributed by atoms with Crippen LogP contribution in [0, 0.1) is 11.3 Å². The summed E-state index contributed by atoms with van der Waals surface area (Å²) in [6.07, 6.45) is 2.90. The maximum atomic E-state index is 9.04. The van der Waals surface area contributed by atoms with Gasteiger partial charge in [-0.2, -0.15) is 5.26 Å². The van der Waals surface area contributed by atoms with Crippen LogP contribution in [0.2, 0.25) is 0 Å². The topological polar surface area (TPSA) is 35.8 Å². The van der Waals surface area contributed by atoms with Crippen LogP contribution in [0.4, 0.5) is 0 Å². The molecule has 2 atom stereocenters. The van der Waals surface area contributed by atoms with Crippen molar-refractivity contribution in [2.45, 2.75) is 45.2 Å². The molecule has 0 aliphatic carbocycles. The minimum Gasteiger partial charge on any atom is -0.299 e. The standard InChI is InChI=1S/C14H20N2/c1-3-12(2)16-14(11-15)10-9-13-7-5-4-6-8-13/h4-8,12,14,16H,3,9-10H2,1-2H3. The Morgan fingerprint density at radius 3 is 2.56 bits per heavy atom. The van der Waals surface area contributed by atoms with Gasteiger partial charge in [0, 0.05) is 6.04 Å². The third-order valence-corrected chi connectivity index (χ3v) is 2.82. The van der Waals surface area contributed by atoms with E-state index in [1.807, 2.05) is 18.2 Å². The van der Waals surface area contributed by atoms with Gasteiger partial charge in [0.05, 0.1) is 12.1 Å². The first-order valence-electron chi connectivity index (χ1n) is 5.95. The Labute approximate surface area is 98.3 Å². The van der Waals surface area contributed by atoms with Crippen LogP contribution in [0.25, 0.3) is 0 Å². The molecule has 1 rings (SSSR count). The number of nitrogens with zero attached hydrogens (tertiary/aromatic N) is 1. The molecule has 0 saturated carbocycles. The highest BCUT2D eigenvalue weighted by Gasteiger charge is 2.09. The molecule has 86 valence electrons. The molecule has 0 radical (unpaired) electrons. The van der Waals surface area contributed by atoms with Gasteiger partial charge < -0.3 is 0 Å². The summed E-state index contributed by atoms with van der Waals surface area (Å²) in [6.45, 7) is 4.25. The molecule has 1 aromatic carbocycles. The smallest absolute Gasteiger partial charge is 0.0958 e. The van der Waals surface area contributed by atoms with Crippen LogP contribution >= 0.6 is 0 Å². The molecule has 16 heavy (non-hydrogen) atoms. The van der Waals surface area contributed by atoms with E-state index >= 15 is 0 Å². The van der Waals surface area contributed by atoms with Crippen molar-refractivity contribution in [3.8, 4) is 6.07 Å². The van der Waals surface area contributed by atoms with Gasteiger partial charge in [-0.25, -0.2) is 0 Å². The van der Waals surface area contributed by atoms with Crippen molar-refractivity contribution in [1.82, 2.24) is 5.32 Å². The van der Waals surface area contributed by atoms with Crippen molar-refractivity contribution in [2.75, 3.05) is 0 Å². The van der Waals surface area contributed by atoms with Gasteiger partial charge >= 0.3 is 0 Å². The second kappa shape index (κ2) is 7.03. The van der Waals surface area contributed by atoms with Gasteiger partial charge in [0.25, 0.3) is 0 Å². The highest BCUT2D eigenvalue weighted by molar-refractivity contribution is 5.15. The maximum Gasteiger partial charge on any atom is 0.0958 e. The highest BCUT2D eigenvalue weighted by Crippen LogP contribution is 2.05. The van der Waals surface area contributed by atoms with Gasteiger partial charge in [-0.15, -0.1) is 0 Å². The molecular formula is C14H20N2. The molecule has 0 fully saturated rings. The average Bonchev–Trinajstić information content (AvgIpc) is 2.35. The first-order valence-corrected chi connectivity index (χ1v) is 5.95. The summed E-state index contributed by atoms with van der Waals surface area (Å²) in [7, 11) is 0. The molecule has 0 aliphatic rings. The molecule has 2 unspecified atom stereocenters. The quantitative estimate of drug-likeness (QED) is 0.793. The number of hydrogen-bond donors (Lipinski definition) is 1. The number of nitriles is 1. The van der Waals surface area contributed by atoms with E-state index in [2.05, 4.69) is 37.4 Å². The molecule has 0 saturated heterocycles. The van der Waals surface area contributed by atoms with Crippen molar-refractivity contribution in [2.24, 2.45) is 0 Å². The summed E-state index contributed by atoms with van der Waals surface area (Å²) < 4.78 is 0. The van der Waals surface area contributed by atoms with E-state index in [1.165, 1.54) is 5.56 Å². The lowest BCUT2D eigenvalue weighted by molar-refractivity contribution is 0.472. The first-order chi connectivity index (χ1) is 7.76. The molecule has 0 aromatic heterocycles. The number of rotatable bonds is 6. The Bertz CT molecular complexity index is 326. The Hall–Kier alpha value is -1.33. The lowest BCUT2D eigenvalue weighted by Crippen LogP contribution is -2.35. The van der Waals surface area contributed by atoms with Crippen LogP contribution in [0.3, 0.4) is 0 Å². The van der Waals surface area contributed by atoms with Gasteiger partial charge in [0.2, 0.25) is 0 Å². The van der Waals surface area contributed by atoms with Crippen molar-refractivity contribution in [3.05, 3.63) is 35.9 Å². The third-order valence-electron chi connectivity index (χ3n) is 2.82. The average molecular weight is 216 g/mol. The SMILES string of the molecule is CCC(C)NC(C#N)CCc1ccccc1. The fourth-order valence-corrected chi connectivity index (χ4v) is 1.60. The fourth-order valence-electron chi connectivity index (χ4n) is 1.60. The van der Waals surface area contributed by atoms with E-state index in [-0.39, 0.29) is 6.04 Å². The lowest BCUT2D eigenvalue weighted by Gasteiger charge is -2.16. The minimum absolute atomic E-state index is 0.0323. The second-order valence-electron chi connectivity index (χ2n) is 4.18. The molecule has 0 spiro atoms. The predicted octanol–water partition coefficient (Wildman–Crippen LogP) is 2.90. The Balaban J connectivity index is 2.38. The summed E-state index contributed by atoms with van der Waals surface area (Å²) in [6, 6.07) is 13.0. The monoisotopic (exact) mass is 216 g/mol. The zero-order valence-corrected chi connectivity index (χ0v) is 10.1. The molecule has 1 aromatic rings. The minimum atomic E-state index is -0.0323. The van der Waals surface area contributed by atoms with E-state index in [1.54, 1.807) is 0 Å². The van der Waals surface area contributed by atoms with Crippen LogP contribution in [0.15, 0.2) is 30.3 Å². The van der Waals surface area contributed by atoms with Gasteiger partial charge in [0.1, 0.15) is 0 Å². The van der Waals surface area contributed by atoms with Crippen LogP contribution < -0.4 is 5.32 Å². The third kappa shape index (κ3) is 4.46. The second-order valence-corrected chi connectivity index (χ2v) is 4.18. The summed E-state index contributed by atoms with van der Waals surface area (Å²) in [5.74, 6) is 0. The predicted molar refractivity (Wildman–Crippen MR) is 67.1 cm³/mol. The zero-order valence-electron chi connectivity index (χ0n) is 10.1. The Morgan fingerprint density at radius 2 is 2.00 bits per heavy atom. The van der Waals surface area contributed by atoms with E-state index < -0.39 is 0 Å². The zero-order chi connectivity index (χ0) is 11.8. The molecule has 0 amide bonds.